The van der Waals surface area contributed by atoms with Crippen molar-refractivity contribution < 1.29 is 9.53 Å². The zero-order valence-corrected chi connectivity index (χ0v) is 16.8. The van der Waals surface area contributed by atoms with Gasteiger partial charge in [-0.2, -0.15) is 0 Å². The molecule has 0 unspecified atom stereocenters. The summed E-state index contributed by atoms with van der Waals surface area (Å²) in [4.78, 5) is 12.5. The van der Waals surface area contributed by atoms with Crippen LogP contribution < -0.4 is 10.1 Å². The average molecular weight is 370 g/mol. The SMILES string of the molecule is Cc1cccc(CSCC(=O)N[C@H]2CC(C)(C)Oc3ccc(C)cc32)c1. The lowest BCUT2D eigenvalue weighted by Crippen LogP contribution is -2.41. The van der Waals surface area contributed by atoms with Crippen LogP contribution in [0.5, 0.6) is 5.75 Å². The summed E-state index contributed by atoms with van der Waals surface area (Å²) in [7, 11) is 0. The molecule has 1 aliphatic rings. The maximum atomic E-state index is 12.5. The fourth-order valence-corrected chi connectivity index (χ4v) is 4.19. The van der Waals surface area contributed by atoms with Gasteiger partial charge in [0.25, 0.3) is 0 Å². The number of nitrogens with one attached hydrogen (secondary N) is 1. The molecule has 3 rings (SSSR count). The Morgan fingerprint density at radius 3 is 2.73 bits per heavy atom. The predicted molar refractivity (Wildman–Crippen MR) is 109 cm³/mol. The Morgan fingerprint density at radius 1 is 1.19 bits per heavy atom. The van der Waals surface area contributed by atoms with Gasteiger partial charge in [-0.3, -0.25) is 4.79 Å². The number of amides is 1. The van der Waals surface area contributed by atoms with E-state index in [9.17, 15) is 4.79 Å². The molecule has 0 saturated carbocycles. The number of carbonyl (C=O) groups excluding carboxylic acids is 1. The van der Waals surface area contributed by atoms with Crippen molar-refractivity contribution in [1.29, 1.82) is 0 Å². The van der Waals surface area contributed by atoms with Crippen molar-refractivity contribution in [2.45, 2.75) is 51.5 Å². The number of aryl methyl sites for hydroxylation is 2. The summed E-state index contributed by atoms with van der Waals surface area (Å²) >= 11 is 1.65. The van der Waals surface area contributed by atoms with Gasteiger partial charge in [0.2, 0.25) is 5.91 Å². The third kappa shape index (κ3) is 4.82. The quantitative estimate of drug-likeness (QED) is 0.810. The number of fused-ring (bicyclic) bond motifs is 1. The van der Waals surface area contributed by atoms with E-state index in [0.717, 1.165) is 23.5 Å². The van der Waals surface area contributed by atoms with Gasteiger partial charge < -0.3 is 10.1 Å². The molecule has 1 aliphatic heterocycles. The number of hydrogen-bond acceptors (Lipinski definition) is 3. The van der Waals surface area contributed by atoms with Crippen molar-refractivity contribution in [3.05, 3.63) is 64.7 Å². The largest absolute Gasteiger partial charge is 0.487 e. The lowest BCUT2D eigenvalue weighted by Gasteiger charge is -2.38. The molecule has 26 heavy (non-hydrogen) atoms. The van der Waals surface area contributed by atoms with Crippen LogP contribution in [-0.2, 0) is 10.5 Å². The molecule has 2 aromatic carbocycles. The summed E-state index contributed by atoms with van der Waals surface area (Å²) < 4.78 is 6.08. The number of hydrogen-bond donors (Lipinski definition) is 1. The second-order valence-electron chi connectivity index (χ2n) is 7.71. The fraction of sp³-hybridized carbons (Fsp3) is 0.409. The Hall–Kier alpha value is -1.94. The molecule has 1 N–H and O–H groups in total. The third-order valence-corrected chi connectivity index (χ3v) is 5.55. The lowest BCUT2D eigenvalue weighted by atomic mass is 9.89. The molecule has 138 valence electrons. The molecule has 0 fully saturated rings. The van der Waals surface area contributed by atoms with Gasteiger partial charge in [-0.15, -0.1) is 11.8 Å². The van der Waals surface area contributed by atoms with Crippen LogP contribution in [0.2, 0.25) is 0 Å². The Kier molecular flexibility index (Phi) is 5.61. The van der Waals surface area contributed by atoms with Crippen molar-refractivity contribution in [3.8, 4) is 5.75 Å². The molecule has 0 aromatic heterocycles. The highest BCUT2D eigenvalue weighted by molar-refractivity contribution is 7.99. The molecular formula is C22H27NO2S. The van der Waals surface area contributed by atoms with Gasteiger partial charge in [0.15, 0.2) is 0 Å². The normalized spacial score (nSPS) is 17.9. The van der Waals surface area contributed by atoms with Gasteiger partial charge in [-0.25, -0.2) is 0 Å². The van der Waals surface area contributed by atoms with Gasteiger partial charge in [0.1, 0.15) is 11.4 Å². The van der Waals surface area contributed by atoms with Gasteiger partial charge in [-0.05, 0) is 39.3 Å². The Bertz CT molecular complexity index is 800. The molecule has 0 bridgehead atoms. The lowest BCUT2D eigenvalue weighted by molar-refractivity contribution is -0.119. The molecule has 1 amide bonds. The van der Waals surface area contributed by atoms with Gasteiger partial charge in [-0.1, -0.05) is 47.5 Å². The summed E-state index contributed by atoms with van der Waals surface area (Å²) in [5.41, 5.74) is 4.50. The van der Waals surface area contributed by atoms with Crippen molar-refractivity contribution in [2.24, 2.45) is 0 Å². The van der Waals surface area contributed by atoms with E-state index in [-0.39, 0.29) is 17.6 Å². The topological polar surface area (TPSA) is 38.3 Å². The molecule has 0 saturated heterocycles. The van der Waals surface area contributed by atoms with Crippen LogP contribution in [-0.4, -0.2) is 17.3 Å². The van der Waals surface area contributed by atoms with E-state index < -0.39 is 0 Å². The van der Waals surface area contributed by atoms with Crippen LogP contribution in [0.15, 0.2) is 42.5 Å². The zero-order chi connectivity index (χ0) is 18.7. The van der Waals surface area contributed by atoms with Crippen LogP contribution in [0.25, 0.3) is 0 Å². The summed E-state index contributed by atoms with van der Waals surface area (Å²) in [5, 5.41) is 3.22. The van der Waals surface area contributed by atoms with E-state index in [2.05, 4.69) is 69.4 Å². The van der Waals surface area contributed by atoms with E-state index in [1.807, 2.05) is 6.07 Å². The third-order valence-electron chi connectivity index (χ3n) is 4.54. The monoisotopic (exact) mass is 369 g/mol. The van der Waals surface area contributed by atoms with Crippen molar-refractivity contribution in [2.75, 3.05) is 5.75 Å². The van der Waals surface area contributed by atoms with E-state index >= 15 is 0 Å². The molecule has 0 radical (unpaired) electrons. The summed E-state index contributed by atoms with van der Waals surface area (Å²) in [6.07, 6.45) is 0.776. The van der Waals surface area contributed by atoms with Crippen molar-refractivity contribution in [1.82, 2.24) is 5.32 Å². The first-order chi connectivity index (χ1) is 12.3. The highest BCUT2D eigenvalue weighted by Gasteiger charge is 2.34. The number of benzene rings is 2. The Labute approximate surface area is 160 Å². The smallest absolute Gasteiger partial charge is 0.230 e. The minimum Gasteiger partial charge on any atom is -0.487 e. The zero-order valence-electron chi connectivity index (χ0n) is 16.0. The van der Waals surface area contributed by atoms with E-state index in [1.165, 1.54) is 16.7 Å². The van der Waals surface area contributed by atoms with Gasteiger partial charge in [0.05, 0.1) is 11.8 Å². The highest BCUT2D eigenvalue weighted by Crippen LogP contribution is 2.39. The van der Waals surface area contributed by atoms with Crippen LogP contribution in [0.3, 0.4) is 0 Å². The Balaban J connectivity index is 1.61. The molecular weight excluding hydrogens is 342 g/mol. The second-order valence-corrected chi connectivity index (χ2v) is 8.69. The maximum Gasteiger partial charge on any atom is 0.230 e. The molecule has 1 atom stereocenters. The predicted octanol–water partition coefficient (Wildman–Crippen LogP) is 4.96. The first kappa shape index (κ1) is 18.8. The standard InChI is InChI=1S/C22H27NO2S/c1-15-6-5-7-17(10-15)13-26-14-21(24)23-19-12-22(3,4)25-20-9-8-16(2)11-18(19)20/h5-11,19H,12-14H2,1-4H3,(H,23,24)/t19-/m0/s1. The van der Waals surface area contributed by atoms with Crippen LogP contribution in [0, 0.1) is 13.8 Å². The maximum absolute atomic E-state index is 12.5. The molecule has 2 aromatic rings. The number of carbonyl (C=O) groups is 1. The number of rotatable bonds is 5. The Morgan fingerprint density at radius 2 is 1.96 bits per heavy atom. The van der Waals surface area contributed by atoms with Crippen LogP contribution in [0.4, 0.5) is 0 Å². The minimum absolute atomic E-state index is 0.000666. The van der Waals surface area contributed by atoms with E-state index in [0.29, 0.717) is 5.75 Å². The molecule has 3 nitrogen and oxygen atoms in total. The van der Waals surface area contributed by atoms with E-state index in [4.69, 9.17) is 4.74 Å². The average Bonchev–Trinajstić information content (AvgIpc) is 2.55. The minimum atomic E-state index is -0.283. The summed E-state index contributed by atoms with van der Waals surface area (Å²) in [6, 6.07) is 14.6. The second kappa shape index (κ2) is 7.75. The van der Waals surface area contributed by atoms with Crippen LogP contribution >= 0.6 is 11.8 Å². The van der Waals surface area contributed by atoms with Crippen molar-refractivity contribution >= 4 is 17.7 Å². The summed E-state index contributed by atoms with van der Waals surface area (Å²) in [6.45, 7) is 8.30. The first-order valence-corrected chi connectivity index (χ1v) is 10.2. The molecule has 0 aliphatic carbocycles. The van der Waals surface area contributed by atoms with Crippen LogP contribution in [0.1, 0.15) is 48.6 Å². The summed E-state index contributed by atoms with van der Waals surface area (Å²) in [5.74, 6) is 2.28. The molecule has 0 spiro atoms. The number of thioether (sulfide) groups is 1. The highest BCUT2D eigenvalue weighted by atomic mass is 32.2. The fourth-order valence-electron chi connectivity index (χ4n) is 3.40. The number of ether oxygens (including phenoxy) is 1. The van der Waals surface area contributed by atoms with Gasteiger partial charge in [0, 0.05) is 17.7 Å². The molecule has 4 heteroatoms. The van der Waals surface area contributed by atoms with Crippen molar-refractivity contribution in [3.63, 3.8) is 0 Å². The van der Waals surface area contributed by atoms with Gasteiger partial charge >= 0.3 is 0 Å². The molecule has 1 heterocycles. The van der Waals surface area contributed by atoms with E-state index in [1.54, 1.807) is 11.8 Å². The first-order valence-electron chi connectivity index (χ1n) is 9.05.